The first-order chi connectivity index (χ1) is 9.65. The molecule has 0 aliphatic carbocycles. The Labute approximate surface area is 131 Å². The predicted octanol–water partition coefficient (Wildman–Crippen LogP) is 4.80. The highest BCUT2D eigenvalue weighted by Gasteiger charge is 2.11. The normalized spacial score (nSPS) is 10.3. The van der Waals surface area contributed by atoms with Crippen LogP contribution < -0.4 is 4.74 Å². The lowest BCUT2D eigenvalue weighted by Gasteiger charge is -2.08. The van der Waals surface area contributed by atoms with Crippen LogP contribution in [-0.4, -0.2) is 18.6 Å². The molecule has 0 saturated carbocycles. The lowest BCUT2D eigenvalue weighted by molar-refractivity contribution is 0.103. The van der Waals surface area contributed by atoms with E-state index in [1.807, 2.05) is 43.5 Å². The minimum Gasteiger partial charge on any atom is -0.493 e. The topological polar surface area (TPSA) is 26.3 Å². The molecule has 0 aliphatic rings. The van der Waals surface area contributed by atoms with Crippen LogP contribution in [0.2, 0.25) is 0 Å². The molecule has 0 N–H and O–H groups in total. The molecule has 0 aliphatic heterocycles. The summed E-state index contributed by atoms with van der Waals surface area (Å²) < 4.78 is 6.24. The van der Waals surface area contributed by atoms with E-state index in [1.54, 1.807) is 23.9 Å². The minimum absolute atomic E-state index is 0.0152. The quantitative estimate of drug-likeness (QED) is 0.572. The number of benzene rings is 2. The number of thioether (sulfide) groups is 1. The Morgan fingerprint density at radius 3 is 2.35 bits per heavy atom. The van der Waals surface area contributed by atoms with Gasteiger partial charge in [0.05, 0.1) is 11.1 Å². The molecule has 4 heteroatoms. The second kappa shape index (κ2) is 6.95. The zero-order valence-electron chi connectivity index (χ0n) is 11.4. The van der Waals surface area contributed by atoms with Crippen molar-refractivity contribution in [3.05, 3.63) is 58.1 Å². The zero-order chi connectivity index (χ0) is 14.5. The van der Waals surface area contributed by atoms with Gasteiger partial charge in [-0.15, -0.1) is 11.8 Å². The van der Waals surface area contributed by atoms with Gasteiger partial charge in [0.2, 0.25) is 0 Å². The molecular weight excluding hydrogens is 336 g/mol. The molecule has 0 radical (unpaired) electrons. The van der Waals surface area contributed by atoms with Gasteiger partial charge in [-0.1, -0.05) is 0 Å². The summed E-state index contributed by atoms with van der Waals surface area (Å²) in [4.78, 5) is 13.5. The molecule has 0 aromatic heterocycles. The zero-order valence-corrected chi connectivity index (χ0v) is 13.8. The van der Waals surface area contributed by atoms with Crippen LogP contribution in [0.1, 0.15) is 22.8 Å². The van der Waals surface area contributed by atoms with Crippen LogP contribution in [0.4, 0.5) is 0 Å². The fourth-order valence-electron chi connectivity index (χ4n) is 1.82. The van der Waals surface area contributed by atoms with Crippen molar-refractivity contribution in [2.75, 3.05) is 12.9 Å². The molecule has 2 nitrogen and oxygen atoms in total. The average Bonchev–Trinajstić information content (AvgIpc) is 2.49. The van der Waals surface area contributed by atoms with Crippen molar-refractivity contribution in [2.24, 2.45) is 0 Å². The summed E-state index contributed by atoms with van der Waals surface area (Å²) in [6.07, 6.45) is 2.01. The maximum Gasteiger partial charge on any atom is 0.193 e. The SMILES string of the molecule is CCOc1ccc(C(=O)c2ccc(SC)cc2)cc1Br. The van der Waals surface area contributed by atoms with E-state index in [0.717, 1.165) is 15.1 Å². The summed E-state index contributed by atoms with van der Waals surface area (Å²) in [6, 6.07) is 13.0. The molecular formula is C16H15BrO2S. The number of ketones is 1. The molecule has 0 atom stereocenters. The van der Waals surface area contributed by atoms with Crippen LogP contribution >= 0.6 is 27.7 Å². The Morgan fingerprint density at radius 2 is 1.80 bits per heavy atom. The number of rotatable bonds is 5. The van der Waals surface area contributed by atoms with Gasteiger partial charge >= 0.3 is 0 Å². The van der Waals surface area contributed by atoms with Gasteiger partial charge in [0.25, 0.3) is 0 Å². The van der Waals surface area contributed by atoms with Crippen molar-refractivity contribution in [2.45, 2.75) is 11.8 Å². The molecule has 0 spiro atoms. The number of ether oxygens (including phenoxy) is 1. The summed E-state index contributed by atoms with van der Waals surface area (Å²) in [6.45, 7) is 2.53. The van der Waals surface area contributed by atoms with E-state index in [0.29, 0.717) is 17.7 Å². The smallest absolute Gasteiger partial charge is 0.193 e. The largest absolute Gasteiger partial charge is 0.493 e. The first-order valence-electron chi connectivity index (χ1n) is 6.26. The third-order valence-electron chi connectivity index (χ3n) is 2.85. The molecule has 2 aromatic rings. The summed E-state index contributed by atoms with van der Waals surface area (Å²) >= 11 is 5.09. The summed E-state index contributed by atoms with van der Waals surface area (Å²) in [7, 11) is 0. The number of halogens is 1. The molecule has 0 heterocycles. The highest BCUT2D eigenvalue weighted by Crippen LogP contribution is 2.27. The number of carbonyl (C=O) groups is 1. The molecule has 0 saturated heterocycles. The molecule has 0 unspecified atom stereocenters. The van der Waals surface area contributed by atoms with Crippen molar-refractivity contribution < 1.29 is 9.53 Å². The molecule has 2 rings (SSSR count). The van der Waals surface area contributed by atoms with Crippen LogP contribution in [-0.2, 0) is 0 Å². The monoisotopic (exact) mass is 350 g/mol. The Hall–Kier alpha value is -1.26. The first kappa shape index (κ1) is 15.1. The number of hydrogen-bond acceptors (Lipinski definition) is 3. The third kappa shape index (κ3) is 3.44. The van der Waals surface area contributed by atoms with Crippen LogP contribution in [0.5, 0.6) is 5.75 Å². The molecule has 20 heavy (non-hydrogen) atoms. The predicted molar refractivity (Wildman–Crippen MR) is 87.0 cm³/mol. The molecule has 0 fully saturated rings. The Morgan fingerprint density at radius 1 is 1.15 bits per heavy atom. The summed E-state index contributed by atoms with van der Waals surface area (Å²) in [5, 5.41) is 0. The van der Waals surface area contributed by atoms with Crippen molar-refractivity contribution in [3.63, 3.8) is 0 Å². The lowest BCUT2D eigenvalue weighted by atomic mass is 10.0. The van der Waals surface area contributed by atoms with E-state index in [2.05, 4.69) is 15.9 Å². The van der Waals surface area contributed by atoms with Crippen LogP contribution in [0.15, 0.2) is 51.8 Å². The highest BCUT2D eigenvalue weighted by atomic mass is 79.9. The average molecular weight is 351 g/mol. The van der Waals surface area contributed by atoms with Crippen molar-refractivity contribution >= 4 is 33.5 Å². The molecule has 104 valence electrons. The minimum atomic E-state index is 0.0152. The van der Waals surface area contributed by atoms with Gasteiger partial charge in [-0.05, 0) is 71.6 Å². The van der Waals surface area contributed by atoms with Gasteiger partial charge < -0.3 is 4.74 Å². The second-order valence-corrected chi connectivity index (χ2v) is 5.87. The van der Waals surface area contributed by atoms with Gasteiger partial charge in [0.15, 0.2) is 5.78 Å². The van der Waals surface area contributed by atoms with E-state index >= 15 is 0 Å². The summed E-state index contributed by atoms with van der Waals surface area (Å²) in [5.41, 5.74) is 1.34. The molecule has 2 aromatic carbocycles. The Kier molecular flexibility index (Phi) is 5.26. The molecule has 0 amide bonds. The van der Waals surface area contributed by atoms with Crippen molar-refractivity contribution in [1.82, 2.24) is 0 Å². The third-order valence-corrected chi connectivity index (χ3v) is 4.21. The highest BCUT2D eigenvalue weighted by molar-refractivity contribution is 9.10. The van der Waals surface area contributed by atoms with E-state index in [9.17, 15) is 4.79 Å². The van der Waals surface area contributed by atoms with E-state index < -0.39 is 0 Å². The van der Waals surface area contributed by atoms with Crippen LogP contribution in [0, 0.1) is 0 Å². The van der Waals surface area contributed by atoms with E-state index in [4.69, 9.17) is 4.74 Å². The maximum atomic E-state index is 12.4. The van der Waals surface area contributed by atoms with Crippen molar-refractivity contribution in [3.8, 4) is 5.75 Å². The Bertz CT molecular complexity index is 608. The first-order valence-corrected chi connectivity index (χ1v) is 8.28. The number of carbonyl (C=O) groups excluding carboxylic acids is 1. The van der Waals surface area contributed by atoms with Gasteiger partial charge in [-0.3, -0.25) is 4.79 Å². The van der Waals surface area contributed by atoms with Gasteiger partial charge in [0.1, 0.15) is 5.75 Å². The van der Waals surface area contributed by atoms with Gasteiger partial charge in [-0.2, -0.15) is 0 Å². The Balaban J connectivity index is 2.26. The standard InChI is InChI=1S/C16H15BrO2S/c1-3-19-15-9-6-12(10-14(15)17)16(18)11-4-7-13(20-2)8-5-11/h4-10H,3H2,1-2H3. The molecule has 0 bridgehead atoms. The van der Waals surface area contributed by atoms with Crippen molar-refractivity contribution in [1.29, 1.82) is 0 Å². The fraction of sp³-hybridized carbons (Fsp3) is 0.188. The maximum absolute atomic E-state index is 12.4. The summed E-state index contributed by atoms with van der Waals surface area (Å²) in [5.74, 6) is 0.767. The fourth-order valence-corrected chi connectivity index (χ4v) is 2.73. The van der Waals surface area contributed by atoms with Crippen LogP contribution in [0.25, 0.3) is 0 Å². The van der Waals surface area contributed by atoms with E-state index in [-0.39, 0.29) is 5.78 Å². The lowest BCUT2D eigenvalue weighted by Crippen LogP contribution is -2.02. The van der Waals surface area contributed by atoms with E-state index in [1.165, 1.54) is 0 Å². The van der Waals surface area contributed by atoms with Crippen LogP contribution in [0.3, 0.4) is 0 Å². The van der Waals surface area contributed by atoms with Gasteiger partial charge in [-0.25, -0.2) is 0 Å². The number of hydrogen-bond donors (Lipinski definition) is 0. The second-order valence-electron chi connectivity index (χ2n) is 4.14. The van der Waals surface area contributed by atoms with Gasteiger partial charge in [0, 0.05) is 16.0 Å².